The Morgan fingerprint density at radius 1 is 0.912 bits per heavy atom. The maximum atomic E-state index is 13.1. The van der Waals surface area contributed by atoms with E-state index in [0.29, 0.717) is 33.6 Å². The number of imide groups is 2. The summed E-state index contributed by atoms with van der Waals surface area (Å²) in [4.78, 5) is 39.1. The first-order chi connectivity index (χ1) is 16.2. The van der Waals surface area contributed by atoms with Gasteiger partial charge in [0, 0.05) is 8.95 Å². The van der Waals surface area contributed by atoms with Gasteiger partial charge in [0.15, 0.2) is 0 Å². The molecule has 172 valence electrons. The third-order valence-electron chi connectivity index (χ3n) is 5.08. The smallest absolute Gasteiger partial charge is 0.335 e. The van der Waals surface area contributed by atoms with Crippen LogP contribution in [0.1, 0.15) is 16.7 Å². The molecule has 3 aromatic carbocycles. The van der Waals surface area contributed by atoms with Crippen LogP contribution in [0.15, 0.2) is 79.7 Å². The molecule has 1 heterocycles. The summed E-state index contributed by atoms with van der Waals surface area (Å²) < 4.78 is 8.35. The second-order valence-corrected chi connectivity index (χ2v) is 10.2. The molecule has 0 aromatic heterocycles. The SMILES string of the molecule is Cc1cc(Br)ccc1N1C(=O)NC(=O)/C(=C/c2ccc(OCc3ccc(Br)cc3)c(Br)c2)C1=O. The molecular formula is C25H17Br3N2O4. The minimum Gasteiger partial charge on any atom is -0.488 e. The number of nitrogens with one attached hydrogen (secondary N) is 1. The fourth-order valence-corrected chi connectivity index (χ4v) is 4.63. The number of anilines is 1. The zero-order valence-electron chi connectivity index (χ0n) is 17.8. The lowest BCUT2D eigenvalue weighted by atomic mass is 10.1. The predicted octanol–water partition coefficient (Wildman–Crippen LogP) is 6.53. The van der Waals surface area contributed by atoms with Crippen LogP contribution in [0.3, 0.4) is 0 Å². The highest BCUT2D eigenvalue weighted by atomic mass is 79.9. The maximum Gasteiger partial charge on any atom is 0.335 e. The Balaban J connectivity index is 1.57. The van der Waals surface area contributed by atoms with Crippen molar-refractivity contribution in [1.29, 1.82) is 0 Å². The Kier molecular flexibility index (Phi) is 7.35. The molecule has 1 aliphatic rings. The minimum atomic E-state index is -0.782. The van der Waals surface area contributed by atoms with E-state index in [2.05, 4.69) is 53.1 Å². The van der Waals surface area contributed by atoms with Gasteiger partial charge in [0.25, 0.3) is 11.8 Å². The molecule has 0 unspecified atom stereocenters. The highest BCUT2D eigenvalue weighted by Gasteiger charge is 2.37. The normalized spacial score (nSPS) is 15.0. The summed E-state index contributed by atoms with van der Waals surface area (Å²) >= 11 is 10.3. The van der Waals surface area contributed by atoms with E-state index < -0.39 is 17.8 Å². The molecule has 0 spiro atoms. The maximum absolute atomic E-state index is 13.1. The van der Waals surface area contributed by atoms with E-state index in [1.54, 1.807) is 43.3 Å². The molecule has 3 aromatic rings. The summed E-state index contributed by atoms with van der Waals surface area (Å²) in [7, 11) is 0. The van der Waals surface area contributed by atoms with E-state index in [0.717, 1.165) is 19.4 Å². The molecule has 1 N–H and O–H groups in total. The second-order valence-electron chi connectivity index (χ2n) is 7.49. The first-order valence-electron chi connectivity index (χ1n) is 10.1. The van der Waals surface area contributed by atoms with Crippen LogP contribution in [0, 0.1) is 6.92 Å². The number of amides is 4. The average molecular weight is 649 g/mol. The number of hydrogen-bond donors (Lipinski definition) is 1. The minimum absolute atomic E-state index is 0.141. The van der Waals surface area contributed by atoms with Gasteiger partial charge >= 0.3 is 6.03 Å². The number of carbonyl (C=O) groups excluding carboxylic acids is 3. The molecule has 0 saturated carbocycles. The first kappa shape index (κ1) is 24.4. The molecule has 0 bridgehead atoms. The molecule has 1 saturated heterocycles. The number of ether oxygens (including phenoxy) is 1. The summed E-state index contributed by atoms with van der Waals surface area (Å²) in [5, 5.41) is 2.25. The van der Waals surface area contributed by atoms with Crippen LogP contribution >= 0.6 is 47.8 Å². The zero-order chi connectivity index (χ0) is 24.4. The van der Waals surface area contributed by atoms with Gasteiger partial charge in [-0.3, -0.25) is 14.9 Å². The fraction of sp³-hybridized carbons (Fsp3) is 0.0800. The molecule has 9 heteroatoms. The van der Waals surface area contributed by atoms with Crippen molar-refractivity contribution in [2.24, 2.45) is 0 Å². The standard InChI is InChI=1S/C25H17Br3N2O4/c1-14-10-18(27)7-8-21(14)30-24(32)19(23(31)29-25(30)33)11-16-4-9-22(20(28)12-16)34-13-15-2-5-17(26)6-3-15/h2-12H,13H2,1H3,(H,29,31,33)/b19-11-. The van der Waals surface area contributed by atoms with Crippen LogP contribution < -0.4 is 15.0 Å². The molecule has 4 rings (SSSR count). The van der Waals surface area contributed by atoms with E-state index in [9.17, 15) is 14.4 Å². The van der Waals surface area contributed by atoms with E-state index in [1.807, 2.05) is 24.3 Å². The van der Waals surface area contributed by atoms with Crippen molar-refractivity contribution in [1.82, 2.24) is 5.32 Å². The molecule has 34 heavy (non-hydrogen) atoms. The van der Waals surface area contributed by atoms with Crippen molar-refractivity contribution in [3.8, 4) is 5.75 Å². The van der Waals surface area contributed by atoms with Crippen molar-refractivity contribution < 1.29 is 19.1 Å². The molecule has 6 nitrogen and oxygen atoms in total. The lowest BCUT2D eigenvalue weighted by molar-refractivity contribution is -0.122. The molecule has 0 aliphatic carbocycles. The Bertz CT molecular complexity index is 1340. The number of halogens is 3. The third kappa shape index (κ3) is 5.32. The number of aryl methyl sites for hydroxylation is 1. The quantitative estimate of drug-likeness (QED) is 0.252. The van der Waals surface area contributed by atoms with Crippen LogP contribution in [0.2, 0.25) is 0 Å². The van der Waals surface area contributed by atoms with Crippen LogP contribution in [0.4, 0.5) is 10.5 Å². The lowest BCUT2D eigenvalue weighted by Crippen LogP contribution is -2.54. The van der Waals surface area contributed by atoms with E-state index >= 15 is 0 Å². The van der Waals surface area contributed by atoms with E-state index in [4.69, 9.17) is 4.74 Å². The highest BCUT2D eigenvalue weighted by Crippen LogP contribution is 2.30. The zero-order valence-corrected chi connectivity index (χ0v) is 22.5. The summed E-state index contributed by atoms with van der Waals surface area (Å²) in [5.74, 6) is -0.814. The predicted molar refractivity (Wildman–Crippen MR) is 140 cm³/mol. The number of barbiturate groups is 1. The molecule has 1 fully saturated rings. The Hall–Kier alpha value is -2.75. The van der Waals surface area contributed by atoms with E-state index in [-0.39, 0.29) is 5.57 Å². The number of nitrogens with zero attached hydrogens (tertiary/aromatic N) is 1. The van der Waals surface area contributed by atoms with Crippen molar-refractivity contribution in [3.05, 3.63) is 96.3 Å². The van der Waals surface area contributed by atoms with Crippen LogP contribution in [-0.4, -0.2) is 17.8 Å². The number of benzene rings is 3. The van der Waals surface area contributed by atoms with Gasteiger partial charge in [-0.1, -0.05) is 50.1 Å². The Labute approximate surface area is 221 Å². The van der Waals surface area contributed by atoms with E-state index in [1.165, 1.54) is 6.08 Å². The van der Waals surface area contributed by atoms with Crippen molar-refractivity contribution >= 4 is 77.4 Å². The van der Waals surface area contributed by atoms with Crippen LogP contribution in [-0.2, 0) is 16.2 Å². The van der Waals surface area contributed by atoms with Crippen LogP contribution in [0.25, 0.3) is 6.08 Å². The summed E-state index contributed by atoms with van der Waals surface area (Å²) in [6, 6.07) is 17.4. The van der Waals surface area contributed by atoms with Gasteiger partial charge in [-0.25, -0.2) is 9.69 Å². The lowest BCUT2D eigenvalue weighted by Gasteiger charge is -2.27. The number of rotatable bonds is 5. The van der Waals surface area contributed by atoms with Crippen LogP contribution in [0.5, 0.6) is 5.75 Å². The van der Waals surface area contributed by atoms with Crippen molar-refractivity contribution in [2.75, 3.05) is 4.90 Å². The second kappa shape index (κ2) is 10.2. The van der Waals surface area contributed by atoms with Gasteiger partial charge < -0.3 is 4.74 Å². The van der Waals surface area contributed by atoms with Gasteiger partial charge in [-0.15, -0.1) is 0 Å². The molecule has 0 radical (unpaired) electrons. The molecule has 1 aliphatic heterocycles. The first-order valence-corrected chi connectivity index (χ1v) is 12.5. The number of carbonyl (C=O) groups is 3. The average Bonchev–Trinajstić information content (AvgIpc) is 2.78. The monoisotopic (exact) mass is 646 g/mol. The Morgan fingerprint density at radius 2 is 1.62 bits per heavy atom. The topological polar surface area (TPSA) is 75.7 Å². The van der Waals surface area contributed by atoms with Gasteiger partial charge in [0.1, 0.15) is 17.9 Å². The largest absolute Gasteiger partial charge is 0.488 e. The Morgan fingerprint density at radius 3 is 2.29 bits per heavy atom. The summed E-state index contributed by atoms with van der Waals surface area (Å²) in [6.07, 6.45) is 1.45. The highest BCUT2D eigenvalue weighted by molar-refractivity contribution is 9.11. The summed E-state index contributed by atoms with van der Waals surface area (Å²) in [6.45, 7) is 2.17. The number of hydrogen-bond acceptors (Lipinski definition) is 4. The third-order valence-corrected chi connectivity index (χ3v) is 6.72. The molecular weight excluding hydrogens is 632 g/mol. The van der Waals surface area contributed by atoms with Gasteiger partial charge in [-0.05, 0) is 88.1 Å². The fourth-order valence-electron chi connectivity index (χ4n) is 3.38. The summed E-state index contributed by atoms with van der Waals surface area (Å²) in [5.41, 5.74) is 2.59. The van der Waals surface area contributed by atoms with Gasteiger partial charge in [0.05, 0.1) is 10.2 Å². The number of urea groups is 1. The van der Waals surface area contributed by atoms with Gasteiger partial charge in [0.2, 0.25) is 0 Å². The molecule has 0 atom stereocenters. The molecule has 4 amide bonds. The van der Waals surface area contributed by atoms with Gasteiger partial charge in [-0.2, -0.15) is 0 Å². The van der Waals surface area contributed by atoms with Crippen molar-refractivity contribution in [3.63, 3.8) is 0 Å². The van der Waals surface area contributed by atoms with Crippen molar-refractivity contribution in [2.45, 2.75) is 13.5 Å².